The Morgan fingerprint density at radius 2 is 1.70 bits per heavy atom. The van der Waals surface area contributed by atoms with Crippen LogP contribution in [0.15, 0.2) is 18.2 Å². The minimum absolute atomic E-state index is 0.0104. The summed E-state index contributed by atoms with van der Waals surface area (Å²) in [6, 6.07) is 5.93. The number of rotatable bonds is 4. The van der Waals surface area contributed by atoms with Crippen molar-refractivity contribution in [1.82, 2.24) is 4.90 Å². The minimum Gasteiger partial charge on any atom is -0.368 e. The summed E-state index contributed by atoms with van der Waals surface area (Å²) in [5, 5.41) is 0. The van der Waals surface area contributed by atoms with Crippen molar-refractivity contribution in [2.24, 2.45) is 5.73 Å². The van der Waals surface area contributed by atoms with Crippen molar-refractivity contribution in [3.8, 4) is 0 Å². The third kappa shape index (κ3) is 3.38. The van der Waals surface area contributed by atoms with Crippen molar-refractivity contribution in [2.75, 3.05) is 6.54 Å². The number of nitrogens with two attached hydrogens (primary N) is 1. The molecule has 0 aromatic heterocycles. The van der Waals surface area contributed by atoms with Crippen molar-refractivity contribution in [1.29, 1.82) is 0 Å². The monoisotopic (exact) mass is 274 g/mol. The molecule has 1 aliphatic rings. The molecule has 0 spiro atoms. The number of benzene rings is 1. The van der Waals surface area contributed by atoms with Gasteiger partial charge in [-0.2, -0.15) is 0 Å². The van der Waals surface area contributed by atoms with Crippen LogP contribution in [0.1, 0.15) is 47.2 Å². The Hall–Kier alpha value is -1.84. The third-order valence-corrected chi connectivity index (χ3v) is 3.82. The second kappa shape index (κ2) is 6.07. The summed E-state index contributed by atoms with van der Waals surface area (Å²) in [5.74, 6) is -0.530. The molecule has 20 heavy (non-hydrogen) atoms. The Kier molecular flexibility index (Phi) is 4.42. The number of amides is 2. The molecule has 1 aromatic carbocycles. The first kappa shape index (κ1) is 14.6. The highest BCUT2D eigenvalue weighted by atomic mass is 16.2. The zero-order chi connectivity index (χ0) is 14.7. The standard InChI is InChI=1S/C16H22N2O2/c1-11-7-12(2)9-13(8-11)16(20)18(10-15(17)19)14-5-3-4-6-14/h7-9,14H,3-6,10H2,1-2H3,(H2,17,19). The Bertz CT molecular complexity index is 499. The van der Waals surface area contributed by atoms with Crippen molar-refractivity contribution >= 4 is 11.8 Å². The molecular weight excluding hydrogens is 252 g/mol. The quantitative estimate of drug-likeness (QED) is 0.914. The largest absolute Gasteiger partial charge is 0.368 e. The van der Waals surface area contributed by atoms with E-state index < -0.39 is 5.91 Å². The fourth-order valence-electron chi connectivity index (χ4n) is 3.01. The first-order valence-corrected chi connectivity index (χ1v) is 7.15. The number of carbonyl (C=O) groups excluding carboxylic acids is 2. The van der Waals surface area contributed by atoms with Gasteiger partial charge in [0.2, 0.25) is 5.91 Å². The lowest BCUT2D eigenvalue weighted by atomic mass is 10.1. The van der Waals surface area contributed by atoms with Gasteiger partial charge in [-0.05, 0) is 38.8 Å². The van der Waals surface area contributed by atoms with E-state index in [-0.39, 0.29) is 18.5 Å². The average molecular weight is 274 g/mol. The molecule has 1 saturated carbocycles. The van der Waals surface area contributed by atoms with Gasteiger partial charge in [0.1, 0.15) is 0 Å². The zero-order valence-electron chi connectivity index (χ0n) is 12.2. The Labute approximate surface area is 119 Å². The van der Waals surface area contributed by atoms with Crippen molar-refractivity contribution in [2.45, 2.75) is 45.6 Å². The fourth-order valence-corrected chi connectivity index (χ4v) is 3.01. The number of hydrogen-bond donors (Lipinski definition) is 1. The Morgan fingerprint density at radius 3 is 2.20 bits per heavy atom. The van der Waals surface area contributed by atoms with Gasteiger partial charge in [0, 0.05) is 11.6 Å². The van der Waals surface area contributed by atoms with Gasteiger partial charge in [-0.15, -0.1) is 0 Å². The van der Waals surface area contributed by atoms with Crippen LogP contribution in [-0.2, 0) is 4.79 Å². The molecule has 0 atom stereocenters. The summed E-state index contributed by atoms with van der Waals surface area (Å²) in [6.45, 7) is 3.95. The summed E-state index contributed by atoms with van der Waals surface area (Å²) in [7, 11) is 0. The molecule has 0 bridgehead atoms. The van der Waals surface area contributed by atoms with E-state index in [2.05, 4.69) is 0 Å². The van der Waals surface area contributed by atoms with E-state index in [4.69, 9.17) is 5.73 Å². The van der Waals surface area contributed by atoms with E-state index in [9.17, 15) is 9.59 Å². The van der Waals surface area contributed by atoms with Crippen LogP contribution in [0, 0.1) is 13.8 Å². The molecule has 1 aromatic rings. The highest BCUT2D eigenvalue weighted by Gasteiger charge is 2.28. The van der Waals surface area contributed by atoms with Gasteiger partial charge in [0.25, 0.3) is 5.91 Å². The van der Waals surface area contributed by atoms with Gasteiger partial charge in [-0.1, -0.05) is 30.0 Å². The SMILES string of the molecule is Cc1cc(C)cc(C(=O)N(CC(N)=O)C2CCCC2)c1. The fraction of sp³-hybridized carbons (Fsp3) is 0.500. The molecule has 1 aliphatic carbocycles. The van der Waals surface area contributed by atoms with Gasteiger partial charge in [-0.25, -0.2) is 0 Å². The molecular formula is C16H22N2O2. The lowest BCUT2D eigenvalue weighted by Gasteiger charge is -2.28. The van der Waals surface area contributed by atoms with Gasteiger partial charge in [0.05, 0.1) is 6.54 Å². The molecule has 2 amide bonds. The smallest absolute Gasteiger partial charge is 0.254 e. The topological polar surface area (TPSA) is 63.4 Å². The summed E-state index contributed by atoms with van der Waals surface area (Å²) in [6.07, 6.45) is 4.15. The van der Waals surface area contributed by atoms with Crippen molar-refractivity contribution in [3.63, 3.8) is 0 Å². The molecule has 0 saturated heterocycles. The lowest BCUT2D eigenvalue weighted by Crippen LogP contribution is -2.44. The summed E-state index contributed by atoms with van der Waals surface area (Å²) in [4.78, 5) is 25.6. The van der Waals surface area contributed by atoms with Crippen LogP contribution in [-0.4, -0.2) is 29.3 Å². The molecule has 0 unspecified atom stereocenters. The van der Waals surface area contributed by atoms with Crippen LogP contribution in [0.25, 0.3) is 0 Å². The number of nitrogens with zero attached hydrogens (tertiary/aromatic N) is 1. The van der Waals surface area contributed by atoms with Crippen LogP contribution < -0.4 is 5.73 Å². The highest BCUT2D eigenvalue weighted by Crippen LogP contribution is 2.25. The van der Waals surface area contributed by atoms with E-state index >= 15 is 0 Å². The molecule has 0 radical (unpaired) electrons. The van der Waals surface area contributed by atoms with Gasteiger partial charge in [0.15, 0.2) is 0 Å². The first-order chi connectivity index (χ1) is 9.47. The maximum Gasteiger partial charge on any atom is 0.254 e. The second-order valence-corrected chi connectivity index (χ2v) is 5.71. The third-order valence-electron chi connectivity index (χ3n) is 3.82. The molecule has 0 aliphatic heterocycles. The molecule has 108 valence electrons. The van der Waals surface area contributed by atoms with Crippen molar-refractivity contribution < 1.29 is 9.59 Å². The Balaban J connectivity index is 2.26. The predicted octanol–water partition coefficient (Wildman–Crippen LogP) is 2.17. The van der Waals surface area contributed by atoms with Crippen LogP contribution in [0.2, 0.25) is 0 Å². The molecule has 1 fully saturated rings. The minimum atomic E-state index is -0.449. The zero-order valence-corrected chi connectivity index (χ0v) is 12.2. The van der Waals surface area contributed by atoms with Crippen LogP contribution in [0.3, 0.4) is 0 Å². The van der Waals surface area contributed by atoms with Crippen molar-refractivity contribution in [3.05, 3.63) is 34.9 Å². The number of aryl methyl sites for hydroxylation is 2. The number of primary amides is 1. The summed E-state index contributed by atoms with van der Waals surface area (Å²) in [5.41, 5.74) is 8.06. The second-order valence-electron chi connectivity index (χ2n) is 5.71. The maximum atomic E-state index is 12.7. The van der Waals surface area contributed by atoms with Gasteiger partial charge in [-0.3, -0.25) is 9.59 Å². The number of hydrogen-bond acceptors (Lipinski definition) is 2. The van der Waals surface area contributed by atoms with Gasteiger partial charge < -0.3 is 10.6 Å². The molecule has 4 nitrogen and oxygen atoms in total. The normalized spacial score (nSPS) is 15.3. The molecule has 0 heterocycles. The number of carbonyl (C=O) groups is 2. The van der Waals surface area contributed by atoms with Gasteiger partial charge >= 0.3 is 0 Å². The first-order valence-electron chi connectivity index (χ1n) is 7.15. The van der Waals surface area contributed by atoms with Crippen LogP contribution >= 0.6 is 0 Å². The predicted molar refractivity (Wildman–Crippen MR) is 78.4 cm³/mol. The summed E-state index contributed by atoms with van der Waals surface area (Å²) >= 11 is 0. The lowest BCUT2D eigenvalue weighted by molar-refractivity contribution is -0.119. The maximum absolute atomic E-state index is 12.7. The Morgan fingerprint density at radius 1 is 1.15 bits per heavy atom. The van der Waals surface area contributed by atoms with E-state index in [1.807, 2.05) is 32.0 Å². The van der Waals surface area contributed by atoms with E-state index in [0.29, 0.717) is 5.56 Å². The van der Waals surface area contributed by atoms with E-state index in [1.54, 1.807) is 4.90 Å². The summed E-state index contributed by atoms with van der Waals surface area (Å²) < 4.78 is 0. The average Bonchev–Trinajstić information content (AvgIpc) is 2.87. The highest BCUT2D eigenvalue weighted by molar-refractivity contribution is 5.97. The van der Waals surface area contributed by atoms with E-state index in [1.165, 1.54) is 0 Å². The van der Waals surface area contributed by atoms with Crippen LogP contribution in [0.4, 0.5) is 0 Å². The molecule has 4 heteroatoms. The van der Waals surface area contributed by atoms with E-state index in [0.717, 1.165) is 36.8 Å². The molecule has 2 N–H and O–H groups in total. The molecule has 2 rings (SSSR count). The van der Waals surface area contributed by atoms with Crippen LogP contribution in [0.5, 0.6) is 0 Å².